The van der Waals surface area contributed by atoms with E-state index in [-0.39, 0.29) is 12.3 Å². The third kappa shape index (κ3) is 5.67. The quantitative estimate of drug-likeness (QED) is 0.396. The molecule has 0 fully saturated rings. The minimum atomic E-state index is -0.392. The van der Waals surface area contributed by atoms with Gasteiger partial charge in [0.1, 0.15) is 0 Å². The maximum atomic E-state index is 11.8. The van der Waals surface area contributed by atoms with Crippen molar-refractivity contribution >= 4 is 22.7 Å². The first-order valence-electron chi connectivity index (χ1n) is 7.73. The number of hydroxylamine groups is 1. The molecule has 6 heteroatoms. The number of hydrogen-bond acceptors (Lipinski definition) is 4. The maximum absolute atomic E-state index is 11.8. The second-order valence-corrected chi connectivity index (χ2v) is 5.37. The molecule has 2 amide bonds. The summed E-state index contributed by atoms with van der Waals surface area (Å²) in [6, 6.07) is 11.8. The molecule has 23 heavy (non-hydrogen) atoms. The van der Waals surface area contributed by atoms with Crippen molar-refractivity contribution in [1.29, 1.82) is 0 Å². The molecule has 2 aromatic rings. The smallest absolute Gasteiger partial charge is 0.243 e. The molecule has 2 rings (SSSR count). The van der Waals surface area contributed by atoms with Crippen molar-refractivity contribution in [2.45, 2.75) is 38.6 Å². The van der Waals surface area contributed by atoms with Gasteiger partial charge in [-0.2, -0.15) is 0 Å². The van der Waals surface area contributed by atoms with Crippen LogP contribution < -0.4 is 10.8 Å². The molecule has 0 radical (unpaired) electrons. The van der Waals surface area contributed by atoms with Gasteiger partial charge in [0.05, 0.1) is 17.8 Å². The number of fused-ring (bicyclic) bond motifs is 1. The summed E-state index contributed by atoms with van der Waals surface area (Å²) in [5.41, 5.74) is 3.34. The molecule has 0 aliphatic heterocycles. The van der Waals surface area contributed by atoms with Crippen LogP contribution in [0.4, 0.5) is 0 Å². The van der Waals surface area contributed by atoms with E-state index in [0.29, 0.717) is 19.4 Å². The first-order chi connectivity index (χ1) is 11.2. The Morgan fingerprint density at radius 1 is 0.957 bits per heavy atom. The fourth-order valence-corrected chi connectivity index (χ4v) is 2.29. The minimum Gasteiger partial charge on any atom is -0.350 e. The van der Waals surface area contributed by atoms with Gasteiger partial charge in [-0.05, 0) is 25.0 Å². The number of nitrogens with one attached hydrogen (secondary N) is 2. The zero-order valence-electron chi connectivity index (χ0n) is 12.9. The highest BCUT2D eigenvalue weighted by molar-refractivity contribution is 5.79. The van der Waals surface area contributed by atoms with Crippen molar-refractivity contribution in [2.24, 2.45) is 0 Å². The Kier molecular flexibility index (Phi) is 6.50. The number of pyridine rings is 1. The van der Waals surface area contributed by atoms with Gasteiger partial charge in [-0.25, -0.2) is 5.48 Å². The summed E-state index contributed by atoms with van der Waals surface area (Å²) in [7, 11) is 0. The van der Waals surface area contributed by atoms with E-state index >= 15 is 0 Å². The number of rotatable bonds is 8. The van der Waals surface area contributed by atoms with E-state index in [4.69, 9.17) is 5.21 Å². The first kappa shape index (κ1) is 16.9. The van der Waals surface area contributed by atoms with Gasteiger partial charge in [0.15, 0.2) is 0 Å². The SMILES string of the molecule is O=C(CCCCCC(=O)NCc1ccc2ccccc2n1)NO. The summed E-state index contributed by atoms with van der Waals surface area (Å²) in [5.74, 6) is -0.414. The lowest BCUT2D eigenvalue weighted by Gasteiger charge is -2.06. The summed E-state index contributed by atoms with van der Waals surface area (Å²) in [4.78, 5) is 27.1. The normalized spacial score (nSPS) is 10.5. The first-order valence-corrected chi connectivity index (χ1v) is 7.73. The van der Waals surface area contributed by atoms with Crippen LogP contribution >= 0.6 is 0 Å². The number of unbranched alkanes of at least 4 members (excludes halogenated alkanes) is 2. The molecule has 3 N–H and O–H groups in total. The number of benzene rings is 1. The molecule has 0 aliphatic rings. The van der Waals surface area contributed by atoms with Crippen molar-refractivity contribution in [1.82, 2.24) is 15.8 Å². The third-order valence-corrected chi connectivity index (χ3v) is 3.56. The summed E-state index contributed by atoms with van der Waals surface area (Å²) in [6.45, 7) is 0.413. The molecule has 0 saturated heterocycles. The molecule has 1 aromatic carbocycles. The van der Waals surface area contributed by atoms with Crippen LogP contribution in [-0.4, -0.2) is 22.0 Å². The third-order valence-electron chi connectivity index (χ3n) is 3.56. The van der Waals surface area contributed by atoms with Gasteiger partial charge in [-0.1, -0.05) is 30.7 Å². The lowest BCUT2D eigenvalue weighted by molar-refractivity contribution is -0.129. The average molecular weight is 315 g/mol. The highest BCUT2D eigenvalue weighted by atomic mass is 16.5. The van der Waals surface area contributed by atoms with Crippen LogP contribution in [0, 0.1) is 0 Å². The number of hydrogen-bond donors (Lipinski definition) is 3. The molecule has 1 aromatic heterocycles. The van der Waals surface area contributed by atoms with Gasteiger partial charge < -0.3 is 5.32 Å². The van der Waals surface area contributed by atoms with Crippen LogP contribution in [0.2, 0.25) is 0 Å². The highest BCUT2D eigenvalue weighted by Crippen LogP contribution is 2.11. The molecule has 0 unspecified atom stereocenters. The topological polar surface area (TPSA) is 91.3 Å². The van der Waals surface area contributed by atoms with Crippen LogP contribution in [0.3, 0.4) is 0 Å². The molecular formula is C17H21N3O3. The predicted octanol–water partition coefficient (Wildman–Crippen LogP) is 2.31. The Labute approximate surface area is 134 Å². The lowest BCUT2D eigenvalue weighted by atomic mass is 10.1. The van der Waals surface area contributed by atoms with Crippen LogP contribution in [-0.2, 0) is 16.1 Å². The second-order valence-electron chi connectivity index (χ2n) is 5.37. The average Bonchev–Trinajstić information content (AvgIpc) is 2.59. The number of carbonyl (C=O) groups excluding carboxylic acids is 2. The Bertz CT molecular complexity index is 673. The molecule has 0 saturated carbocycles. The second kappa shape index (κ2) is 8.85. The van der Waals surface area contributed by atoms with E-state index in [2.05, 4.69) is 10.3 Å². The number of nitrogens with zero attached hydrogens (tertiary/aromatic N) is 1. The molecule has 0 bridgehead atoms. The van der Waals surface area contributed by atoms with E-state index in [1.807, 2.05) is 36.4 Å². The molecule has 0 aliphatic carbocycles. The minimum absolute atomic E-state index is 0.0217. The van der Waals surface area contributed by atoms with Gasteiger partial charge in [0.2, 0.25) is 11.8 Å². The molecule has 1 heterocycles. The standard InChI is InChI=1S/C17H21N3O3/c21-16(8-2-1-3-9-17(22)20-23)18-12-14-11-10-13-6-4-5-7-15(13)19-14/h4-7,10-11,23H,1-3,8-9,12H2,(H,18,21)(H,20,22). The summed E-state index contributed by atoms with van der Waals surface area (Å²) in [6.07, 6.45) is 2.85. The van der Waals surface area contributed by atoms with Gasteiger partial charge in [0, 0.05) is 18.2 Å². The van der Waals surface area contributed by atoms with E-state index in [1.54, 1.807) is 5.48 Å². The van der Waals surface area contributed by atoms with Gasteiger partial charge >= 0.3 is 0 Å². The number of carbonyl (C=O) groups is 2. The maximum Gasteiger partial charge on any atom is 0.243 e. The fraction of sp³-hybridized carbons (Fsp3) is 0.353. The Hall–Kier alpha value is -2.47. The van der Waals surface area contributed by atoms with Crippen molar-refractivity contribution < 1.29 is 14.8 Å². The van der Waals surface area contributed by atoms with E-state index in [0.717, 1.165) is 29.4 Å². The van der Waals surface area contributed by atoms with Crippen molar-refractivity contribution in [3.63, 3.8) is 0 Å². The van der Waals surface area contributed by atoms with Gasteiger partial charge in [-0.15, -0.1) is 0 Å². The van der Waals surface area contributed by atoms with E-state index in [9.17, 15) is 9.59 Å². The zero-order valence-corrected chi connectivity index (χ0v) is 12.9. The predicted molar refractivity (Wildman–Crippen MR) is 86.6 cm³/mol. The Morgan fingerprint density at radius 2 is 1.70 bits per heavy atom. The summed E-state index contributed by atoms with van der Waals surface area (Å²) >= 11 is 0. The molecular weight excluding hydrogens is 294 g/mol. The number of para-hydroxylation sites is 1. The van der Waals surface area contributed by atoms with Crippen LogP contribution in [0.5, 0.6) is 0 Å². The van der Waals surface area contributed by atoms with Crippen molar-refractivity contribution in [3.8, 4) is 0 Å². The van der Waals surface area contributed by atoms with Crippen LogP contribution in [0.15, 0.2) is 36.4 Å². The van der Waals surface area contributed by atoms with Gasteiger partial charge in [0.25, 0.3) is 0 Å². The fourth-order valence-electron chi connectivity index (χ4n) is 2.29. The highest BCUT2D eigenvalue weighted by Gasteiger charge is 2.04. The monoisotopic (exact) mass is 315 g/mol. The van der Waals surface area contributed by atoms with Crippen LogP contribution in [0.25, 0.3) is 10.9 Å². The zero-order chi connectivity index (χ0) is 16.5. The van der Waals surface area contributed by atoms with E-state index < -0.39 is 5.91 Å². The summed E-state index contributed by atoms with van der Waals surface area (Å²) in [5, 5.41) is 12.3. The number of amides is 2. The van der Waals surface area contributed by atoms with Gasteiger partial charge in [-0.3, -0.25) is 19.8 Å². The molecule has 6 nitrogen and oxygen atoms in total. The summed E-state index contributed by atoms with van der Waals surface area (Å²) < 4.78 is 0. The number of aromatic nitrogens is 1. The lowest BCUT2D eigenvalue weighted by Crippen LogP contribution is -2.23. The molecule has 0 spiro atoms. The largest absolute Gasteiger partial charge is 0.350 e. The molecule has 0 atom stereocenters. The van der Waals surface area contributed by atoms with Crippen molar-refractivity contribution in [2.75, 3.05) is 0 Å². The van der Waals surface area contributed by atoms with E-state index in [1.165, 1.54) is 0 Å². The molecule has 122 valence electrons. The Morgan fingerprint density at radius 3 is 2.48 bits per heavy atom. The Balaban J connectivity index is 1.68. The van der Waals surface area contributed by atoms with Crippen LogP contribution in [0.1, 0.15) is 37.8 Å². The van der Waals surface area contributed by atoms with Crippen molar-refractivity contribution in [3.05, 3.63) is 42.1 Å².